The van der Waals surface area contributed by atoms with Gasteiger partial charge in [0.25, 0.3) is 0 Å². The van der Waals surface area contributed by atoms with Crippen LogP contribution in [0.3, 0.4) is 0 Å². The average Bonchev–Trinajstić information content (AvgIpc) is 1.00. The van der Waals surface area contributed by atoms with Crippen LogP contribution in [0, 0.1) is 0 Å². The van der Waals surface area contributed by atoms with Crippen molar-refractivity contribution in [1.29, 1.82) is 0 Å². The molecule has 0 aromatic heterocycles. The summed E-state index contributed by atoms with van der Waals surface area (Å²) in [6.45, 7) is 0. The molecule has 0 bridgehead atoms. The van der Waals surface area contributed by atoms with E-state index in [2.05, 4.69) is 9.19 Å². The van der Waals surface area contributed by atoms with Crippen LogP contribution in [0.25, 0.3) is 0 Å². The summed E-state index contributed by atoms with van der Waals surface area (Å²) < 4.78 is 0. The standard InChI is InChI=1S/3K.3H2O.S.Sb/h;;;3*1H2;;/q3*+1;;;;;/p-3. The molecule has 1 radical (unpaired) electrons. The second-order valence-corrected chi connectivity index (χ2v) is 0. The van der Waals surface area contributed by atoms with Crippen LogP contribution in [0.5, 0.6) is 0 Å². The first kappa shape index (κ1) is 48.8. The quantitative estimate of drug-likeness (QED) is 0.414. The Labute approximate surface area is 194 Å². The van der Waals surface area contributed by atoms with Crippen molar-refractivity contribution in [2.75, 3.05) is 0 Å². The van der Waals surface area contributed by atoms with Crippen LogP contribution in [0.2, 0.25) is 0 Å². The topological polar surface area (TPSA) is 90.0 Å². The Balaban J connectivity index is -0.000000000333. The van der Waals surface area contributed by atoms with E-state index >= 15 is 0 Å². The van der Waals surface area contributed by atoms with E-state index in [4.69, 9.17) is 0 Å². The van der Waals surface area contributed by atoms with Crippen LogP contribution in [-0.4, -0.2) is 37.5 Å². The van der Waals surface area contributed by atoms with E-state index in [1.54, 1.807) is 0 Å². The van der Waals surface area contributed by atoms with Gasteiger partial charge in [0.15, 0.2) is 0 Å². The Morgan fingerprint density at radius 2 is 0.625 bits per heavy atom. The molecule has 35 valence electrons. The Kier molecular flexibility index (Phi) is 322. The van der Waals surface area contributed by atoms with Crippen molar-refractivity contribution in [2.45, 2.75) is 0 Å². The average molecular weight is 322 g/mol. The second-order valence-electron chi connectivity index (χ2n) is 0. The van der Waals surface area contributed by atoms with Crippen molar-refractivity contribution in [1.82, 2.24) is 0 Å². The predicted octanol–water partition coefficient (Wildman–Crippen LogP) is -9.25. The summed E-state index contributed by atoms with van der Waals surface area (Å²) in [4.78, 5) is 0. The third-order valence-corrected chi connectivity index (χ3v) is 0. The van der Waals surface area contributed by atoms with Crippen LogP contribution in [0.15, 0.2) is 0 Å². The molecule has 0 aromatic rings. The summed E-state index contributed by atoms with van der Waals surface area (Å²) in [7, 11) is 4.13. The maximum atomic E-state index is 4.13. The summed E-state index contributed by atoms with van der Waals surface area (Å²) in [6.07, 6.45) is 0. The first-order chi connectivity index (χ1) is 1.00. The zero-order valence-electron chi connectivity index (χ0n) is 5.20. The first-order valence-corrected chi connectivity index (χ1v) is 3.67. The molecule has 8 heteroatoms. The molecular formula is H3K3O3SSb. The Bertz CT molecular complexity index is 14.5. The van der Waals surface area contributed by atoms with Crippen molar-refractivity contribution in [3.63, 3.8) is 0 Å². The molecule has 0 heterocycles. The summed E-state index contributed by atoms with van der Waals surface area (Å²) in [5, 5.41) is 0. The summed E-state index contributed by atoms with van der Waals surface area (Å²) in [5.41, 5.74) is 0. The molecule has 3 N–H and O–H groups in total. The van der Waals surface area contributed by atoms with Crippen LogP contribution in [0.1, 0.15) is 0 Å². The zero-order valence-corrected chi connectivity index (χ0v) is 17.9. The number of hydrogen-bond acceptors (Lipinski definition) is 4. The molecule has 0 fully saturated rings. The Morgan fingerprint density at radius 3 is 0.625 bits per heavy atom. The van der Waals surface area contributed by atoms with Crippen molar-refractivity contribution >= 4 is 30.2 Å². The van der Waals surface area contributed by atoms with E-state index in [9.17, 15) is 0 Å². The van der Waals surface area contributed by atoms with Crippen LogP contribution in [-0.2, 0) is 0 Å². The SMILES string of the molecule is [K+].[K+].[K+].[OH-].[OH-].[OH-].[S]=[Sb]. The van der Waals surface area contributed by atoms with Crippen LogP contribution >= 0.6 is 9.19 Å². The van der Waals surface area contributed by atoms with E-state index < -0.39 is 0 Å². The molecule has 0 saturated heterocycles. The summed E-state index contributed by atoms with van der Waals surface area (Å²) in [6, 6.07) is 0. The molecule has 0 spiro atoms. The van der Waals surface area contributed by atoms with Crippen molar-refractivity contribution < 1.29 is 171 Å². The van der Waals surface area contributed by atoms with Gasteiger partial charge in [0.05, 0.1) is 0 Å². The molecule has 0 amide bonds. The van der Waals surface area contributed by atoms with E-state index in [1.165, 1.54) is 21.1 Å². The fourth-order valence-electron chi connectivity index (χ4n) is 0. The van der Waals surface area contributed by atoms with Crippen LogP contribution in [0.4, 0.5) is 0 Å². The van der Waals surface area contributed by atoms with Crippen molar-refractivity contribution in [2.24, 2.45) is 0 Å². The molecule has 0 saturated carbocycles. The first-order valence-electron chi connectivity index (χ1n) is 0.183. The minimum absolute atomic E-state index is 0. The Hall–Kier alpha value is 5.83. The third-order valence-electron chi connectivity index (χ3n) is 0. The molecule has 8 heavy (non-hydrogen) atoms. The summed E-state index contributed by atoms with van der Waals surface area (Å²) >= 11 is 1.33. The monoisotopic (exact) mass is 321 g/mol. The van der Waals surface area contributed by atoms with Gasteiger partial charge in [0, 0.05) is 0 Å². The number of hydrogen-bond donors (Lipinski definition) is 0. The van der Waals surface area contributed by atoms with E-state index in [0.29, 0.717) is 0 Å². The van der Waals surface area contributed by atoms with Gasteiger partial charge in [-0.05, 0) is 0 Å². The van der Waals surface area contributed by atoms with Crippen molar-refractivity contribution in [3.05, 3.63) is 0 Å². The fourth-order valence-corrected chi connectivity index (χ4v) is 0. The van der Waals surface area contributed by atoms with Gasteiger partial charge in [-0.1, -0.05) is 0 Å². The normalized spacial score (nSPS) is 0.500. The Morgan fingerprint density at radius 1 is 0.625 bits per heavy atom. The molecule has 0 aliphatic heterocycles. The van der Waals surface area contributed by atoms with Gasteiger partial charge in [-0.2, -0.15) is 0 Å². The van der Waals surface area contributed by atoms with Crippen molar-refractivity contribution in [3.8, 4) is 0 Å². The van der Waals surface area contributed by atoms with Gasteiger partial charge in [0.2, 0.25) is 0 Å². The minimum atomic E-state index is 0. The fraction of sp³-hybridized carbons (Fsp3) is 0. The molecule has 0 rings (SSSR count). The van der Waals surface area contributed by atoms with Crippen LogP contribution < -0.4 is 154 Å². The zero-order chi connectivity index (χ0) is 2.00. The van der Waals surface area contributed by atoms with Gasteiger partial charge < -0.3 is 16.4 Å². The van der Waals surface area contributed by atoms with Gasteiger partial charge in [-0.25, -0.2) is 0 Å². The van der Waals surface area contributed by atoms with E-state index in [1.807, 2.05) is 0 Å². The summed E-state index contributed by atoms with van der Waals surface area (Å²) in [5.74, 6) is 0. The number of rotatable bonds is 0. The predicted molar refractivity (Wildman–Crippen MR) is 19.2 cm³/mol. The van der Waals surface area contributed by atoms with Gasteiger partial charge in [0.1, 0.15) is 0 Å². The molecule has 0 aliphatic carbocycles. The van der Waals surface area contributed by atoms with Gasteiger partial charge in [-0.3, -0.25) is 0 Å². The molecular weight excluding hydrogens is 319 g/mol. The molecule has 0 atom stereocenters. The van der Waals surface area contributed by atoms with Gasteiger partial charge in [-0.15, -0.1) is 0 Å². The maximum absolute atomic E-state index is 4.13. The molecule has 3 nitrogen and oxygen atoms in total. The van der Waals surface area contributed by atoms with E-state index in [0.717, 1.165) is 0 Å². The third kappa shape index (κ3) is 40.8. The molecule has 0 aliphatic rings. The van der Waals surface area contributed by atoms with Gasteiger partial charge >= 0.3 is 184 Å². The molecule has 0 unspecified atom stereocenters. The molecule has 0 aromatic carbocycles. The second kappa shape index (κ2) is 52.8. The van der Waals surface area contributed by atoms with E-state index in [-0.39, 0.29) is 171 Å².